The molecule has 60 heavy (non-hydrogen) atoms. The molecule has 1 heterocycles. The average Bonchev–Trinajstić information content (AvgIpc) is 3.95. The fourth-order valence-corrected chi connectivity index (χ4v) is 39.8. The number of benzene rings is 6. The number of hydrogen-bond acceptors (Lipinski definition) is 0. The zero-order valence-electron chi connectivity index (χ0n) is 36.7. The van der Waals surface area contributed by atoms with E-state index in [0.29, 0.717) is 0 Å². The van der Waals surface area contributed by atoms with Crippen molar-refractivity contribution in [3.63, 3.8) is 0 Å². The summed E-state index contributed by atoms with van der Waals surface area (Å²) < 4.78 is 1.09. The summed E-state index contributed by atoms with van der Waals surface area (Å²) in [5.74, 6) is 0.500. The van der Waals surface area contributed by atoms with Gasteiger partial charge in [0.25, 0.3) is 0 Å². The Bertz CT molecular complexity index is 2610. The van der Waals surface area contributed by atoms with Crippen molar-refractivity contribution in [2.24, 2.45) is 11.8 Å². The van der Waals surface area contributed by atoms with E-state index in [-0.39, 0.29) is 19.1 Å². The second-order valence-electron chi connectivity index (χ2n) is 18.6. The maximum atomic E-state index is 9.47. The standard InChI is InChI=1S/2C22H25.C12H9Si.2ClH.Zr/c2*1-5-8-17-11-12-18-13-19(15(2)3)14-21(18)22(17)20-10-7-6-9-16(20)4;1-3-7-11-9(5-1)10-6-2-4-8-12(10)13-11;;;/h2*6-7,9-15H,5,8H2,1-4H3;1-7H,13H2;2*1H;/q;;;;;+2/p-2. The quantitative estimate of drug-likeness (QED) is 0.113. The van der Waals surface area contributed by atoms with Crippen LogP contribution in [-0.4, -0.2) is 9.52 Å². The molecule has 4 heteroatoms. The van der Waals surface area contributed by atoms with Crippen molar-refractivity contribution >= 4 is 52.3 Å². The zero-order valence-corrected chi connectivity index (χ0v) is 42.1. The summed E-state index contributed by atoms with van der Waals surface area (Å²) in [6.07, 6.45) is 9.36. The van der Waals surface area contributed by atoms with Gasteiger partial charge in [-0.05, 0) is 0 Å². The third kappa shape index (κ3) is 6.45. The molecular weight excluding hydrogens is 863 g/mol. The van der Waals surface area contributed by atoms with E-state index in [9.17, 15) is 17.0 Å². The molecule has 0 spiro atoms. The summed E-state index contributed by atoms with van der Waals surface area (Å²) in [5, 5.41) is 2.98. The fraction of sp³-hybridized carbons (Fsp3) is 0.286. The molecule has 1 aliphatic heterocycles. The van der Waals surface area contributed by atoms with Gasteiger partial charge in [0.1, 0.15) is 0 Å². The van der Waals surface area contributed by atoms with Crippen LogP contribution in [0.3, 0.4) is 0 Å². The Kier molecular flexibility index (Phi) is 11.1. The molecule has 0 amide bonds. The number of halogens is 2. The summed E-state index contributed by atoms with van der Waals surface area (Å²) in [7, 11) is 18.1. The second kappa shape index (κ2) is 16.0. The first-order valence-electron chi connectivity index (χ1n) is 22.5. The molecule has 0 bridgehead atoms. The maximum absolute atomic E-state index is 9.47. The van der Waals surface area contributed by atoms with Gasteiger partial charge in [-0.3, -0.25) is 0 Å². The van der Waals surface area contributed by atoms with Crippen LogP contribution in [0.4, 0.5) is 0 Å². The van der Waals surface area contributed by atoms with Crippen molar-refractivity contribution < 1.29 is 16.4 Å². The van der Waals surface area contributed by atoms with Gasteiger partial charge in [0.05, 0.1) is 0 Å². The van der Waals surface area contributed by atoms with Gasteiger partial charge in [-0.15, -0.1) is 0 Å². The molecule has 3 aliphatic rings. The van der Waals surface area contributed by atoms with E-state index in [2.05, 4.69) is 183 Å². The van der Waals surface area contributed by atoms with Crippen molar-refractivity contribution in [1.29, 1.82) is 0 Å². The van der Waals surface area contributed by atoms with Gasteiger partial charge in [0.15, 0.2) is 0 Å². The van der Waals surface area contributed by atoms with Crippen LogP contribution in [0.1, 0.15) is 106 Å². The van der Waals surface area contributed by atoms with Crippen molar-refractivity contribution in [1.82, 2.24) is 0 Å². The molecule has 0 radical (unpaired) electrons. The van der Waals surface area contributed by atoms with Crippen molar-refractivity contribution in [2.45, 2.75) is 88.3 Å². The number of allylic oxidation sites excluding steroid dienone is 2. The first kappa shape index (κ1) is 41.8. The SMILES string of the molecule is CCCc1ccc2c(c1-c1ccccc1C)C=C(C(C)C)[CH]2[Zr]([Cl])([Cl])([c]1cccc2c1[SiH2]c1ccccc1-2)[CH]1C(C(C)C)=Cc2c1ccc(CCC)c2-c1ccccc1C. The van der Waals surface area contributed by atoms with E-state index in [1.807, 2.05) is 0 Å². The molecule has 0 saturated carbocycles. The average molecular weight is 922 g/mol. The monoisotopic (exact) mass is 919 g/mol. The van der Waals surface area contributed by atoms with Crippen LogP contribution in [0.5, 0.6) is 0 Å². The molecule has 2 aliphatic carbocycles. The van der Waals surface area contributed by atoms with Crippen molar-refractivity contribution in [2.75, 3.05) is 0 Å². The predicted molar refractivity (Wildman–Crippen MR) is 263 cm³/mol. The summed E-state index contributed by atoms with van der Waals surface area (Å²) in [5.41, 5.74) is 21.7. The third-order valence-electron chi connectivity index (χ3n) is 14.3. The number of aryl methyl sites for hydroxylation is 4. The Hall–Kier alpha value is -3.52. The minimum atomic E-state index is -5.71. The molecule has 9 rings (SSSR count). The molecule has 0 nitrogen and oxygen atoms in total. The predicted octanol–water partition coefficient (Wildman–Crippen LogP) is 13.9. The third-order valence-corrected chi connectivity index (χ3v) is 36.9. The Morgan fingerprint density at radius 2 is 0.983 bits per heavy atom. The molecule has 0 fully saturated rings. The fourth-order valence-electron chi connectivity index (χ4n) is 11.6. The van der Waals surface area contributed by atoms with E-state index in [1.54, 1.807) is 0 Å². The van der Waals surface area contributed by atoms with Gasteiger partial charge in [0, 0.05) is 0 Å². The van der Waals surface area contributed by atoms with Crippen molar-refractivity contribution in [3.8, 4) is 33.4 Å². The van der Waals surface area contributed by atoms with E-state index in [1.165, 1.54) is 103 Å². The van der Waals surface area contributed by atoms with Crippen LogP contribution in [0, 0.1) is 25.7 Å². The van der Waals surface area contributed by atoms with Crippen LogP contribution in [0.25, 0.3) is 45.5 Å². The summed E-state index contributed by atoms with van der Waals surface area (Å²) in [6.45, 7) is 18.6. The van der Waals surface area contributed by atoms with E-state index < -0.39 is 25.9 Å². The van der Waals surface area contributed by atoms with Gasteiger partial charge < -0.3 is 0 Å². The second-order valence-corrected chi connectivity index (χ2v) is 41.0. The van der Waals surface area contributed by atoms with Crippen molar-refractivity contribution in [3.05, 3.63) is 171 Å². The van der Waals surface area contributed by atoms with Gasteiger partial charge >= 0.3 is 373 Å². The molecular formula is C56H59Cl2SiZr. The summed E-state index contributed by atoms with van der Waals surface area (Å²) in [6, 6.07) is 43.9. The molecule has 6 aromatic rings. The molecule has 0 N–H and O–H groups in total. The molecule has 2 unspecified atom stereocenters. The Morgan fingerprint density at radius 3 is 1.45 bits per heavy atom. The normalized spacial score (nSPS) is 17.6. The van der Waals surface area contributed by atoms with Crippen LogP contribution in [0.2, 0.25) is 0 Å². The Morgan fingerprint density at radius 1 is 0.533 bits per heavy atom. The van der Waals surface area contributed by atoms with E-state index in [4.69, 9.17) is 0 Å². The van der Waals surface area contributed by atoms with Crippen LogP contribution in [-0.2, 0) is 29.2 Å². The Balaban J connectivity index is 1.41. The molecule has 2 atom stereocenters. The minimum absolute atomic E-state index is 0.109. The van der Waals surface area contributed by atoms with E-state index in [0.717, 1.165) is 25.7 Å². The summed E-state index contributed by atoms with van der Waals surface area (Å²) >= 11 is -5.71. The first-order chi connectivity index (χ1) is 28.9. The van der Waals surface area contributed by atoms with Gasteiger partial charge in [-0.2, -0.15) is 0 Å². The van der Waals surface area contributed by atoms with Crippen LogP contribution in [0.15, 0.2) is 126 Å². The summed E-state index contributed by atoms with van der Waals surface area (Å²) in [4.78, 5) is 0. The zero-order chi connectivity index (χ0) is 42.1. The van der Waals surface area contributed by atoms with Gasteiger partial charge in [-0.1, -0.05) is 0 Å². The van der Waals surface area contributed by atoms with Crippen LogP contribution >= 0.6 is 17.0 Å². The number of hydrogen-bond donors (Lipinski definition) is 0. The molecule has 0 saturated heterocycles. The van der Waals surface area contributed by atoms with Crippen LogP contribution < -0.4 is 13.6 Å². The van der Waals surface area contributed by atoms with Gasteiger partial charge in [0.2, 0.25) is 0 Å². The number of fused-ring (bicyclic) bond motifs is 5. The molecule has 0 aromatic heterocycles. The van der Waals surface area contributed by atoms with E-state index >= 15 is 0 Å². The van der Waals surface area contributed by atoms with Gasteiger partial charge in [-0.25, -0.2) is 0 Å². The number of rotatable bonds is 11. The molecule has 305 valence electrons. The topological polar surface area (TPSA) is 0 Å². The first-order valence-corrected chi connectivity index (χ1v) is 34.3. The molecule has 6 aromatic carbocycles. The Labute approximate surface area is 370 Å².